The molecule has 0 bridgehead atoms. The number of hydrogen-bond acceptors (Lipinski definition) is 3. The Balaban J connectivity index is 1.72. The zero-order chi connectivity index (χ0) is 14.7. The van der Waals surface area contributed by atoms with E-state index in [1.807, 2.05) is 0 Å². The monoisotopic (exact) mass is 352 g/mol. The van der Waals surface area contributed by atoms with E-state index in [0.29, 0.717) is 12.1 Å². The summed E-state index contributed by atoms with van der Waals surface area (Å²) >= 11 is 3.74. The molecule has 0 spiro atoms. The number of nitrogens with zero attached hydrogens (tertiary/aromatic N) is 1. The first-order valence-corrected chi connectivity index (χ1v) is 8.96. The second-order valence-electron chi connectivity index (χ2n) is 6.05. The van der Waals surface area contributed by atoms with Gasteiger partial charge in [0, 0.05) is 23.2 Å². The van der Waals surface area contributed by atoms with Gasteiger partial charge >= 0.3 is 0 Å². The summed E-state index contributed by atoms with van der Waals surface area (Å²) in [5.74, 6) is 0. The van der Waals surface area contributed by atoms with E-state index in [1.54, 1.807) is 0 Å². The molecule has 21 heavy (non-hydrogen) atoms. The molecule has 2 aliphatic rings. The fourth-order valence-electron chi connectivity index (χ4n) is 3.50. The van der Waals surface area contributed by atoms with Crippen molar-refractivity contribution in [1.82, 2.24) is 5.32 Å². The van der Waals surface area contributed by atoms with Gasteiger partial charge in [-0.1, -0.05) is 28.9 Å². The molecule has 1 aromatic carbocycles. The lowest BCUT2D eigenvalue weighted by atomic mass is 10.1. The first kappa shape index (κ1) is 15.3. The Morgan fingerprint density at radius 3 is 3.10 bits per heavy atom. The number of anilines is 1. The van der Waals surface area contributed by atoms with E-state index < -0.39 is 0 Å². The molecular formula is C17H25BrN2O. The minimum atomic E-state index is 0.448. The number of hydrogen-bond donors (Lipinski definition) is 1. The molecule has 1 heterocycles. The zero-order valence-corrected chi connectivity index (χ0v) is 14.4. The summed E-state index contributed by atoms with van der Waals surface area (Å²) in [5.41, 5.74) is 2.67. The third-order valence-corrected chi connectivity index (χ3v) is 5.33. The molecule has 1 N–H and O–H groups in total. The van der Waals surface area contributed by atoms with Crippen molar-refractivity contribution in [2.24, 2.45) is 0 Å². The number of fused-ring (bicyclic) bond motifs is 1. The molecule has 116 valence electrons. The van der Waals surface area contributed by atoms with Crippen molar-refractivity contribution in [3.63, 3.8) is 0 Å². The molecule has 1 aliphatic heterocycles. The van der Waals surface area contributed by atoms with E-state index in [9.17, 15) is 0 Å². The van der Waals surface area contributed by atoms with Gasteiger partial charge < -0.3 is 15.0 Å². The average molecular weight is 353 g/mol. The fourth-order valence-corrected chi connectivity index (χ4v) is 4.01. The summed E-state index contributed by atoms with van der Waals surface area (Å²) in [5, 5.41) is 3.46. The van der Waals surface area contributed by atoms with Gasteiger partial charge in [-0.25, -0.2) is 0 Å². The van der Waals surface area contributed by atoms with Crippen LogP contribution in [0.3, 0.4) is 0 Å². The summed E-state index contributed by atoms with van der Waals surface area (Å²) in [6, 6.07) is 7.38. The Hall–Kier alpha value is -0.580. The zero-order valence-electron chi connectivity index (χ0n) is 12.8. The van der Waals surface area contributed by atoms with Crippen LogP contribution in [0.5, 0.6) is 0 Å². The molecule has 3 nitrogen and oxygen atoms in total. The lowest BCUT2D eigenvalue weighted by Gasteiger charge is -2.39. The number of rotatable bonds is 5. The smallest absolute Gasteiger partial charge is 0.0779 e. The van der Waals surface area contributed by atoms with Crippen LogP contribution in [-0.4, -0.2) is 31.8 Å². The fraction of sp³-hybridized carbons (Fsp3) is 0.647. The highest BCUT2D eigenvalue weighted by molar-refractivity contribution is 9.10. The van der Waals surface area contributed by atoms with Gasteiger partial charge in [0.2, 0.25) is 0 Å². The standard InChI is InChI=1S/C17H25BrN2O/c1-2-8-19-12-13-6-7-14(11-15(13)18)20-9-10-21-17-5-3-4-16(17)20/h6-7,11,16-17,19H,2-5,8-10,12H2,1H3. The Bertz CT molecular complexity index is 480. The van der Waals surface area contributed by atoms with Crippen LogP contribution < -0.4 is 10.2 Å². The maximum absolute atomic E-state index is 5.91. The van der Waals surface area contributed by atoms with Gasteiger partial charge in [-0.3, -0.25) is 0 Å². The van der Waals surface area contributed by atoms with Crippen LogP contribution >= 0.6 is 15.9 Å². The largest absolute Gasteiger partial charge is 0.374 e. The molecule has 2 fully saturated rings. The van der Waals surface area contributed by atoms with Gasteiger partial charge in [0.1, 0.15) is 0 Å². The quantitative estimate of drug-likeness (QED) is 0.817. The molecule has 1 aliphatic carbocycles. The second kappa shape index (κ2) is 7.12. The topological polar surface area (TPSA) is 24.5 Å². The Kier molecular flexibility index (Phi) is 5.19. The van der Waals surface area contributed by atoms with Crippen molar-refractivity contribution in [1.29, 1.82) is 0 Å². The SMILES string of the molecule is CCCNCc1ccc(N2CCOC3CCCC32)cc1Br. The van der Waals surface area contributed by atoms with Crippen molar-refractivity contribution in [2.75, 3.05) is 24.6 Å². The van der Waals surface area contributed by atoms with Crippen LogP contribution in [-0.2, 0) is 11.3 Å². The number of morpholine rings is 1. The number of ether oxygens (including phenoxy) is 1. The summed E-state index contributed by atoms with van der Waals surface area (Å²) in [6.07, 6.45) is 5.41. The highest BCUT2D eigenvalue weighted by Gasteiger charge is 2.36. The Labute approximate surface area is 136 Å². The molecule has 0 amide bonds. The third kappa shape index (κ3) is 3.43. The summed E-state index contributed by atoms with van der Waals surface area (Å²) in [7, 11) is 0. The van der Waals surface area contributed by atoms with Crippen LogP contribution in [0.15, 0.2) is 22.7 Å². The second-order valence-corrected chi connectivity index (χ2v) is 6.91. The molecule has 3 rings (SSSR count). The molecule has 1 saturated heterocycles. The van der Waals surface area contributed by atoms with E-state index in [2.05, 4.69) is 51.3 Å². The van der Waals surface area contributed by atoms with Crippen molar-refractivity contribution in [3.05, 3.63) is 28.2 Å². The molecule has 1 aromatic rings. The number of benzene rings is 1. The van der Waals surface area contributed by atoms with Gasteiger partial charge in [-0.15, -0.1) is 0 Å². The molecule has 4 heteroatoms. The van der Waals surface area contributed by atoms with E-state index >= 15 is 0 Å². The summed E-state index contributed by atoms with van der Waals surface area (Å²) < 4.78 is 7.12. The molecule has 0 radical (unpaired) electrons. The predicted octanol–water partition coefficient (Wildman–Crippen LogP) is 3.71. The van der Waals surface area contributed by atoms with E-state index in [4.69, 9.17) is 4.74 Å². The minimum Gasteiger partial charge on any atom is -0.374 e. The molecule has 2 unspecified atom stereocenters. The molecule has 0 aromatic heterocycles. The van der Waals surface area contributed by atoms with Gasteiger partial charge in [-0.05, 0) is 49.9 Å². The van der Waals surface area contributed by atoms with Crippen LogP contribution in [0.2, 0.25) is 0 Å². The predicted molar refractivity (Wildman–Crippen MR) is 90.9 cm³/mol. The van der Waals surface area contributed by atoms with E-state index in [0.717, 1.165) is 26.2 Å². The van der Waals surface area contributed by atoms with Crippen molar-refractivity contribution in [2.45, 2.75) is 51.3 Å². The maximum atomic E-state index is 5.91. The van der Waals surface area contributed by atoms with Crippen LogP contribution in [0.4, 0.5) is 5.69 Å². The average Bonchev–Trinajstić information content (AvgIpc) is 2.97. The lowest BCUT2D eigenvalue weighted by Crippen LogP contribution is -2.48. The Morgan fingerprint density at radius 1 is 1.38 bits per heavy atom. The lowest BCUT2D eigenvalue weighted by molar-refractivity contribution is 0.0256. The molecule has 1 saturated carbocycles. The van der Waals surface area contributed by atoms with Crippen molar-refractivity contribution in [3.8, 4) is 0 Å². The normalized spacial score (nSPS) is 25.1. The molecular weight excluding hydrogens is 328 g/mol. The van der Waals surface area contributed by atoms with E-state index in [-0.39, 0.29) is 0 Å². The number of nitrogens with one attached hydrogen (secondary N) is 1. The van der Waals surface area contributed by atoms with E-state index in [1.165, 1.54) is 41.4 Å². The van der Waals surface area contributed by atoms with Crippen LogP contribution in [0.25, 0.3) is 0 Å². The minimum absolute atomic E-state index is 0.448. The van der Waals surface area contributed by atoms with Gasteiger partial charge in [0.05, 0.1) is 18.8 Å². The Morgan fingerprint density at radius 2 is 2.29 bits per heavy atom. The highest BCUT2D eigenvalue weighted by Crippen LogP contribution is 2.34. The maximum Gasteiger partial charge on any atom is 0.0779 e. The first-order valence-electron chi connectivity index (χ1n) is 8.17. The van der Waals surface area contributed by atoms with Crippen LogP contribution in [0, 0.1) is 0 Å². The third-order valence-electron chi connectivity index (χ3n) is 4.59. The summed E-state index contributed by atoms with van der Waals surface area (Å²) in [6.45, 7) is 6.08. The number of halogens is 1. The van der Waals surface area contributed by atoms with Gasteiger partial charge in [0.15, 0.2) is 0 Å². The summed E-state index contributed by atoms with van der Waals surface area (Å²) in [4.78, 5) is 2.55. The van der Waals surface area contributed by atoms with Gasteiger partial charge in [-0.2, -0.15) is 0 Å². The van der Waals surface area contributed by atoms with Gasteiger partial charge in [0.25, 0.3) is 0 Å². The molecule has 2 atom stereocenters. The highest BCUT2D eigenvalue weighted by atomic mass is 79.9. The van der Waals surface area contributed by atoms with Crippen molar-refractivity contribution >= 4 is 21.6 Å². The van der Waals surface area contributed by atoms with Crippen LogP contribution in [0.1, 0.15) is 38.2 Å². The van der Waals surface area contributed by atoms with Crippen molar-refractivity contribution < 1.29 is 4.74 Å². The first-order chi connectivity index (χ1) is 10.3.